The van der Waals surface area contributed by atoms with Crippen LogP contribution in [0.4, 0.5) is 0 Å². The van der Waals surface area contributed by atoms with Crippen LogP contribution in [0.1, 0.15) is 106 Å². The molecule has 0 heterocycles. The molecule has 1 unspecified atom stereocenters. The van der Waals surface area contributed by atoms with Crippen molar-refractivity contribution in [2.24, 2.45) is 11.3 Å². The lowest BCUT2D eigenvalue weighted by atomic mass is 9.89. The minimum absolute atomic E-state index is 0.123. The highest BCUT2D eigenvalue weighted by Crippen LogP contribution is 2.23. The van der Waals surface area contributed by atoms with Gasteiger partial charge in [-0.25, -0.2) is 0 Å². The monoisotopic (exact) mass is 356 g/mol. The Balaban J connectivity index is 0. The fraction of sp³-hybridized carbons (Fsp3) is 0.905. The second-order valence-corrected chi connectivity index (χ2v) is 8.51. The number of hydrogen-bond donors (Lipinski definition) is 0. The molecule has 0 spiro atoms. The molecular weight excluding hydrogens is 316 g/mol. The predicted molar refractivity (Wildman–Crippen MR) is 101 cm³/mol. The van der Waals surface area contributed by atoms with Crippen molar-refractivity contribution in [3.05, 3.63) is 0 Å². The smallest absolute Gasteiger partial charge is 0.373 e. The second kappa shape index (κ2) is 16.3. The van der Waals surface area contributed by atoms with Gasteiger partial charge < -0.3 is 4.74 Å². The molecule has 4 heteroatoms. The van der Waals surface area contributed by atoms with Crippen molar-refractivity contribution in [3.8, 4) is 0 Å². The lowest BCUT2D eigenvalue weighted by Crippen LogP contribution is -2.16. The average Bonchev–Trinajstić information content (AvgIpc) is 2.44. The molecule has 0 N–H and O–H groups in total. The quantitative estimate of drug-likeness (QED) is 0.321. The topological polar surface area (TPSA) is 60.4 Å². The summed E-state index contributed by atoms with van der Waals surface area (Å²) < 4.78 is 5.49. The molecule has 0 fully saturated rings. The third-order valence-electron chi connectivity index (χ3n) is 4.09. The van der Waals surface area contributed by atoms with Crippen LogP contribution in [0.3, 0.4) is 0 Å². The van der Waals surface area contributed by atoms with Crippen LogP contribution in [0.25, 0.3) is 0 Å². The van der Waals surface area contributed by atoms with E-state index in [4.69, 9.17) is 14.3 Å². The number of rotatable bonds is 12. The third kappa shape index (κ3) is 25.2. The van der Waals surface area contributed by atoms with E-state index < -0.39 is 0 Å². The molecule has 4 nitrogen and oxygen atoms in total. The van der Waals surface area contributed by atoms with Crippen molar-refractivity contribution < 1.29 is 19.1 Å². The first-order valence-corrected chi connectivity index (χ1v) is 9.79. The van der Waals surface area contributed by atoms with Crippen molar-refractivity contribution in [3.63, 3.8) is 0 Å². The van der Waals surface area contributed by atoms with E-state index in [2.05, 4.69) is 34.6 Å². The molecule has 0 aliphatic carbocycles. The van der Waals surface area contributed by atoms with Crippen molar-refractivity contribution >= 4 is 12.1 Å². The van der Waals surface area contributed by atoms with Gasteiger partial charge in [0.2, 0.25) is 0 Å². The first-order chi connectivity index (χ1) is 11.6. The van der Waals surface area contributed by atoms with E-state index >= 15 is 0 Å². The molecule has 25 heavy (non-hydrogen) atoms. The van der Waals surface area contributed by atoms with E-state index in [1.165, 1.54) is 58.3 Å². The average molecular weight is 357 g/mol. The SMILES string of the molecule is CC(=O)OC(CCCCCC(C)C)CCCCCC(C)(C)C.O=C=O. The minimum atomic E-state index is -0.123. The minimum Gasteiger partial charge on any atom is -0.463 e. The summed E-state index contributed by atoms with van der Waals surface area (Å²) in [6.07, 6.45) is 12.5. The van der Waals surface area contributed by atoms with Crippen LogP contribution in [-0.2, 0) is 19.1 Å². The molecule has 0 aromatic carbocycles. The Labute approximate surface area is 155 Å². The van der Waals surface area contributed by atoms with Crippen molar-refractivity contribution in [1.82, 2.24) is 0 Å². The zero-order valence-electron chi connectivity index (χ0n) is 17.4. The molecular formula is C21H40O4. The number of esters is 1. The first kappa shape index (κ1) is 26.1. The third-order valence-corrected chi connectivity index (χ3v) is 4.09. The van der Waals surface area contributed by atoms with Gasteiger partial charge in [-0.15, -0.1) is 0 Å². The molecule has 0 bridgehead atoms. The first-order valence-electron chi connectivity index (χ1n) is 9.79. The predicted octanol–water partition coefficient (Wildman–Crippen LogP) is 5.94. The highest BCUT2D eigenvalue weighted by Gasteiger charge is 2.13. The van der Waals surface area contributed by atoms with Crippen LogP contribution < -0.4 is 0 Å². The summed E-state index contributed by atoms with van der Waals surface area (Å²) in [5.41, 5.74) is 0.436. The molecule has 0 aliphatic heterocycles. The lowest BCUT2D eigenvalue weighted by molar-refractivity contribution is -0.191. The van der Waals surface area contributed by atoms with Gasteiger partial charge in [0, 0.05) is 6.92 Å². The Kier molecular flexibility index (Phi) is 17.0. The van der Waals surface area contributed by atoms with E-state index in [0.29, 0.717) is 5.41 Å². The van der Waals surface area contributed by atoms with E-state index in [-0.39, 0.29) is 18.2 Å². The second-order valence-electron chi connectivity index (χ2n) is 8.51. The summed E-state index contributed by atoms with van der Waals surface area (Å²) in [6.45, 7) is 13.0. The summed E-state index contributed by atoms with van der Waals surface area (Å²) in [5, 5.41) is 0. The van der Waals surface area contributed by atoms with Gasteiger partial charge in [0.15, 0.2) is 0 Å². The number of carbonyl (C=O) groups excluding carboxylic acids is 3. The maximum absolute atomic E-state index is 11.2. The Morgan fingerprint density at radius 3 is 1.72 bits per heavy atom. The zero-order chi connectivity index (χ0) is 19.7. The van der Waals surface area contributed by atoms with Gasteiger partial charge in [0.1, 0.15) is 6.10 Å². The van der Waals surface area contributed by atoms with Crippen LogP contribution in [0.2, 0.25) is 0 Å². The Hall–Kier alpha value is -1.15. The van der Waals surface area contributed by atoms with Crippen LogP contribution in [0, 0.1) is 11.3 Å². The molecule has 0 aliphatic rings. The van der Waals surface area contributed by atoms with Crippen LogP contribution in [0.15, 0.2) is 0 Å². The molecule has 0 aromatic heterocycles. The van der Waals surface area contributed by atoms with Crippen molar-refractivity contribution in [2.45, 2.75) is 112 Å². The van der Waals surface area contributed by atoms with Crippen LogP contribution in [-0.4, -0.2) is 18.2 Å². The fourth-order valence-electron chi connectivity index (χ4n) is 2.80. The molecule has 0 radical (unpaired) electrons. The maximum atomic E-state index is 11.2. The number of hydrogen-bond acceptors (Lipinski definition) is 4. The van der Waals surface area contributed by atoms with E-state index in [0.717, 1.165) is 18.8 Å². The molecule has 148 valence electrons. The largest absolute Gasteiger partial charge is 0.463 e. The highest BCUT2D eigenvalue weighted by atomic mass is 16.5. The van der Waals surface area contributed by atoms with Crippen molar-refractivity contribution in [1.29, 1.82) is 0 Å². The molecule has 0 aromatic rings. The summed E-state index contributed by atoms with van der Waals surface area (Å²) in [7, 11) is 0. The highest BCUT2D eigenvalue weighted by molar-refractivity contribution is 5.66. The summed E-state index contributed by atoms with van der Waals surface area (Å²) in [4.78, 5) is 27.5. The number of ether oxygens (including phenoxy) is 1. The van der Waals surface area contributed by atoms with E-state index in [1.54, 1.807) is 0 Å². The van der Waals surface area contributed by atoms with Crippen molar-refractivity contribution in [2.75, 3.05) is 0 Å². The van der Waals surface area contributed by atoms with Gasteiger partial charge in [-0.3, -0.25) is 4.79 Å². The Morgan fingerprint density at radius 2 is 1.32 bits per heavy atom. The molecule has 1 atom stereocenters. The summed E-state index contributed by atoms with van der Waals surface area (Å²) in [5.74, 6) is 0.675. The zero-order valence-corrected chi connectivity index (χ0v) is 17.4. The van der Waals surface area contributed by atoms with Gasteiger partial charge in [0.25, 0.3) is 0 Å². The maximum Gasteiger partial charge on any atom is 0.373 e. The van der Waals surface area contributed by atoms with Gasteiger partial charge in [-0.05, 0) is 43.4 Å². The number of unbranched alkanes of at least 4 members (excludes halogenated alkanes) is 4. The van der Waals surface area contributed by atoms with Gasteiger partial charge in [-0.1, -0.05) is 66.7 Å². The lowest BCUT2D eigenvalue weighted by Gasteiger charge is -2.19. The fourth-order valence-corrected chi connectivity index (χ4v) is 2.80. The van der Waals surface area contributed by atoms with Gasteiger partial charge in [-0.2, -0.15) is 9.59 Å². The molecule has 0 saturated heterocycles. The van der Waals surface area contributed by atoms with Gasteiger partial charge >= 0.3 is 12.1 Å². The molecule has 0 saturated carbocycles. The normalized spacial score (nSPS) is 12.1. The summed E-state index contributed by atoms with van der Waals surface area (Å²) in [6, 6.07) is 0. The van der Waals surface area contributed by atoms with E-state index in [1.807, 2.05) is 0 Å². The van der Waals surface area contributed by atoms with E-state index in [9.17, 15) is 4.79 Å². The standard InChI is InChI=1S/C20H40O2.CO2/c1-17(2)13-9-7-10-14-19(22-18(3)21)15-11-8-12-16-20(4,5)6;2-1-3/h17,19H,7-16H2,1-6H3;. The molecule has 0 rings (SSSR count). The Bertz CT molecular complexity index is 349. The summed E-state index contributed by atoms with van der Waals surface area (Å²) >= 11 is 0. The number of carbonyl (C=O) groups is 1. The molecule has 0 amide bonds. The Morgan fingerprint density at radius 1 is 0.880 bits per heavy atom. The van der Waals surface area contributed by atoms with Crippen LogP contribution >= 0.6 is 0 Å². The van der Waals surface area contributed by atoms with Gasteiger partial charge in [0.05, 0.1) is 0 Å². The van der Waals surface area contributed by atoms with Crippen LogP contribution in [0.5, 0.6) is 0 Å².